The van der Waals surface area contributed by atoms with Crippen molar-refractivity contribution in [2.45, 2.75) is 25.7 Å². The molecule has 1 aliphatic carbocycles. The number of esters is 1. The molecule has 2 heterocycles. The van der Waals surface area contributed by atoms with Crippen molar-refractivity contribution in [1.82, 2.24) is 15.0 Å². The Kier molecular flexibility index (Phi) is 6.04. The van der Waals surface area contributed by atoms with E-state index < -0.39 is 17.3 Å². The highest BCUT2D eigenvalue weighted by atomic mass is 19.1. The lowest BCUT2D eigenvalue weighted by Gasteiger charge is -2.19. The van der Waals surface area contributed by atoms with Crippen molar-refractivity contribution in [2.24, 2.45) is 5.92 Å². The number of amides is 1. The molecule has 0 aliphatic heterocycles. The topological polar surface area (TPSA) is 103 Å². The van der Waals surface area contributed by atoms with Crippen LogP contribution in [0.5, 0.6) is 5.75 Å². The molecule has 1 N–H and O–H groups in total. The summed E-state index contributed by atoms with van der Waals surface area (Å²) < 4.78 is 24.6. The van der Waals surface area contributed by atoms with Gasteiger partial charge < -0.3 is 14.8 Å². The first kappa shape index (κ1) is 22.3. The third-order valence-electron chi connectivity index (χ3n) is 5.77. The van der Waals surface area contributed by atoms with Crippen LogP contribution in [-0.4, -0.2) is 40.5 Å². The summed E-state index contributed by atoms with van der Waals surface area (Å²) in [6.07, 6.45) is 3.41. The van der Waals surface area contributed by atoms with E-state index in [2.05, 4.69) is 25.0 Å². The molecule has 1 aromatic carbocycles. The average Bonchev–Trinajstić information content (AvgIpc) is 3.54. The van der Waals surface area contributed by atoms with Crippen molar-refractivity contribution in [3.8, 4) is 5.75 Å². The van der Waals surface area contributed by atoms with Gasteiger partial charge in [0.2, 0.25) is 5.91 Å². The second-order valence-corrected chi connectivity index (χ2v) is 7.99. The van der Waals surface area contributed by atoms with E-state index in [-0.39, 0.29) is 23.9 Å². The maximum absolute atomic E-state index is 14.0. The Balaban J connectivity index is 1.53. The van der Waals surface area contributed by atoms with Crippen LogP contribution in [0.1, 0.15) is 33.9 Å². The largest absolute Gasteiger partial charge is 0.489 e. The molecule has 2 atom stereocenters. The van der Waals surface area contributed by atoms with Crippen LogP contribution < -0.4 is 10.1 Å². The predicted octanol–water partition coefficient (Wildman–Crippen LogP) is 3.39. The van der Waals surface area contributed by atoms with Gasteiger partial charge in [0.15, 0.2) is 5.75 Å². The van der Waals surface area contributed by atoms with Gasteiger partial charge in [0.05, 0.1) is 37.1 Å². The monoisotopic (exact) mass is 450 g/mol. The molecular weight excluding hydrogens is 427 g/mol. The zero-order valence-electron chi connectivity index (χ0n) is 18.5. The highest BCUT2D eigenvalue weighted by Gasteiger charge is 2.60. The predicted molar refractivity (Wildman–Crippen MR) is 117 cm³/mol. The standard InChI is InChI=1S/C24H23FN4O4/c1-14-20(12-26-15(2)28-14)33-13-24(17-5-4-6-18(25)9-17)10-19(24)22(30)29-21-8-7-16(11-27-21)23(31)32-3/h4-9,11-12,19H,10,13H2,1-3H3,(H,27,29,30)/t19-,24+/m0/s1. The fourth-order valence-corrected chi connectivity index (χ4v) is 3.85. The first-order valence-electron chi connectivity index (χ1n) is 10.4. The number of carbonyl (C=O) groups is 2. The molecule has 2 aromatic heterocycles. The van der Waals surface area contributed by atoms with Crippen LogP contribution in [-0.2, 0) is 14.9 Å². The van der Waals surface area contributed by atoms with Gasteiger partial charge in [-0.1, -0.05) is 12.1 Å². The Hall–Kier alpha value is -3.88. The molecule has 170 valence electrons. The number of nitrogens with zero attached hydrogens (tertiary/aromatic N) is 3. The summed E-state index contributed by atoms with van der Waals surface area (Å²) in [4.78, 5) is 37.2. The van der Waals surface area contributed by atoms with Crippen molar-refractivity contribution in [3.63, 3.8) is 0 Å². The molecule has 0 spiro atoms. The van der Waals surface area contributed by atoms with Crippen molar-refractivity contribution in [2.75, 3.05) is 19.0 Å². The number of ether oxygens (including phenoxy) is 2. The van der Waals surface area contributed by atoms with Gasteiger partial charge in [-0.25, -0.2) is 24.1 Å². The number of carbonyl (C=O) groups excluding carboxylic acids is 2. The van der Waals surface area contributed by atoms with Crippen LogP contribution in [0.2, 0.25) is 0 Å². The highest BCUT2D eigenvalue weighted by molar-refractivity contribution is 5.96. The van der Waals surface area contributed by atoms with Crippen LogP contribution in [0.3, 0.4) is 0 Å². The summed E-state index contributed by atoms with van der Waals surface area (Å²) in [5, 5.41) is 2.77. The van der Waals surface area contributed by atoms with Gasteiger partial charge in [0.1, 0.15) is 17.5 Å². The van der Waals surface area contributed by atoms with Gasteiger partial charge in [0.25, 0.3) is 0 Å². The number of rotatable bonds is 7. The van der Waals surface area contributed by atoms with E-state index in [9.17, 15) is 14.0 Å². The molecule has 33 heavy (non-hydrogen) atoms. The summed E-state index contributed by atoms with van der Waals surface area (Å²) in [5.74, 6) is -0.160. The number of nitrogens with one attached hydrogen (secondary N) is 1. The third-order valence-corrected chi connectivity index (χ3v) is 5.77. The second-order valence-electron chi connectivity index (χ2n) is 7.99. The molecule has 1 saturated carbocycles. The smallest absolute Gasteiger partial charge is 0.339 e. The molecule has 9 heteroatoms. The van der Waals surface area contributed by atoms with Gasteiger partial charge in [0, 0.05) is 11.6 Å². The van der Waals surface area contributed by atoms with Gasteiger partial charge in [-0.3, -0.25) is 4.79 Å². The van der Waals surface area contributed by atoms with E-state index in [1.165, 1.54) is 37.6 Å². The lowest BCUT2D eigenvalue weighted by molar-refractivity contribution is -0.117. The number of hydrogen-bond acceptors (Lipinski definition) is 7. The Morgan fingerprint density at radius 1 is 1.18 bits per heavy atom. The summed E-state index contributed by atoms with van der Waals surface area (Å²) in [7, 11) is 1.28. The molecule has 4 rings (SSSR count). The number of benzene rings is 1. The molecule has 1 aliphatic rings. The number of hydrogen-bond donors (Lipinski definition) is 1. The molecule has 0 bridgehead atoms. The number of anilines is 1. The first-order chi connectivity index (χ1) is 15.8. The molecule has 8 nitrogen and oxygen atoms in total. The number of aryl methyl sites for hydroxylation is 2. The second kappa shape index (κ2) is 8.93. The summed E-state index contributed by atoms with van der Waals surface area (Å²) in [6, 6.07) is 9.25. The normalized spacial score (nSPS) is 19.0. The lowest BCUT2D eigenvalue weighted by atomic mass is 9.93. The van der Waals surface area contributed by atoms with E-state index in [0.29, 0.717) is 35.1 Å². The maximum atomic E-state index is 14.0. The minimum atomic E-state index is -0.699. The highest BCUT2D eigenvalue weighted by Crippen LogP contribution is 2.55. The zero-order chi connectivity index (χ0) is 23.6. The average molecular weight is 450 g/mol. The van der Waals surface area contributed by atoms with Gasteiger partial charge in [-0.15, -0.1) is 0 Å². The molecule has 0 unspecified atom stereocenters. The Bertz CT molecular complexity index is 1200. The lowest BCUT2D eigenvalue weighted by Crippen LogP contribution is -2.27. The van der Waals surface area contributed by atoms with Crippen molar-refractivity contribution in [1.29, 1.82) is 0 Å². The van der Waals surface area contributed by atoms with Crippen molar-refractivity contribution >= 4 is 17.7 Å². The fraction of sp³-hybridized carbons (Fsp3) is 0.292. The van der Waals surface area contributed by atoms with Crippen LogP contribution in [0.25, 0.3) is 0 Å². The maximum Gasteiger partial charge on any atom is 0.339 e. The number of methoxy groups -OCH3 is 1. The zero-order valence-corrected chi connectivity index (χ0v) is 18.5. The van der Waals surface area contributed by atoms with Gasteiger partial charge >= 0.3 is 5.97 Å². The Morgan fingerprint density at radius 3 is 2.67 bits per heavy atom. The van der Waals surface area contributed by atoms with Crippen LogP contribution in [0.15, 0.2) is 48.8 Å². The van der Waals surface area contributed by atoms with Crippen LogP contribution in [0, 0.1) is 25.6 Å². The molecule has 1 fully saturated rings. The van der Waals surface area contributed by atoms with Gasteiger partial charge in [-0.05, 0) is 50.1 Å². The van der Waals surface area contributed by atoms with Crippen LogP contribution >= 0.6 is 0 Å². The van der Waals surface area contributed by atoms with Crippen LogP contribution in [0.4, 0.5) is 10.2 Å². The Labute approximate surface area is 190 Å². The van der Waals surface area contributed by atoms with E-state index in [1.54, 1.807) is 25.3 Å². The molecule has 0 saturated heterocycles. The summed E-state index contributed by atoms with van der Waals surface area (Å²) in [6.45, 7) is 3.77. The quantitative estimate of drug-likeness (QED) is 0.551. The van der Waals surface area contributed by atoms with E-state index >= 15 is 0 Å². The number of aromatic nitrogens is 3. The van der Waals surface area contributed by atoms with Crippen molar-refractivity contribution in [3.05, 3.63) is 77.3 Å². The number of pyridine rings is 1. The van der Waals surface area contributed by atoms with E-state index in [4.69, 9.17) is 4.74 Å². The SMILES string of the molecule is COC(=O)c1ccc(NC(=O)[C@@H]2C[C@@]2(COc2cnc(C)nc2C)c2cccc(F)c2)nc1. The van der Waals surface area contributed by atoms with Crippen molar-refractivity contribution < 1.29 is 23.5 Å². The summed E-state index contributed by atoms with van der Waals surface area (Å²) in [5.41, 5.74) is 0.950. The third kappa shape index (κ3) is 4.67. The molecule has 1 amide bonds. The first-order valence-corrected chi connectivity index (χ1v) is 10.4. The Morgan fingerprint density at radius 2 is 2.00 bits per heavy atom. The van der Waals surface area contributed by atoms with Gasteiger partial charge in [-0.2, -0.15) is 0 Å². The summed E-state index contributed by atoms with van der Waals surface area (Å²) >= 11 is 0. The molecule has 3 aromatic rings. The minimum absolute atomic E-state index is 0.163. The molecule has 0 radical (unpaired) electrons. The minimum Gasteiger partial charge on any atom is -0.489 e. The number of halogens is 1. The van der Waals surface area contributed by atoms with E-state index in [0.717, 1.165) is 0 Å². The molecular formula is C24H23FN4O4. The fourth-order valence-electron chi connectivity index (χ4n) is 3.85. The van der Waals surface area contributed by atoms with E-state index in [1.807, 2.05) is 6.92 Å².